The van der Waals surface area contributed by atoms with Gasteiger partial charge in [-0.2, -0.15) is 0 Å². The van der Waals surface area contributed by atoms with Crippen LogP contribution in [0.15, 0.2) is 69.3 Å². The highest BCUT2D eigenvalue weighted by atomic mass is 35.5. The van der Waals surface area contributed by atoms with Crippen LogP contribution in [-0.2, 0) is 7.05 Å². The molecule has 42 heavy (non-hydrogen) atoms. The highest BCUT2D eigenvalue weighted by molar-refractivity contribution is 7.99. The molecule has 8 nitrogen and oxygen atoms in total. The summed E-state index contributed by atoms with van der Waals surface area (Å²) in [5, 5.41) is 1.58. The van der Waals surface area contributed by atoms with Gasteiger partial charge >= 0.3 is 0 Å². The highest BCUT2D eigenvalue weighted by Crippen LogP contribution is 2.33. The Labute approximate surface area is 252 Å². The smallest absolute Gasteiger partial charge is 0.295 e. The second kappa shape index (κ2) is 11.1. The molecule has 0 unspecified atom stereocenters. The van der Waals surface area contributed by atoms with Crippen LogP contribution in [0.1, 0.15) is 59.2 Å². The number of carbonyl (C=O) groups is 1. The molecule has 5 aromatic rings. The van der Waals surface area contributed by atoms with Crippen molar-refractivity contribution < 1.29 is 4.79 Å². The Hall–Kier alpha value is -3.82. The van der Waals surface area contributed by atoms with E-state index in [1.54, 1.807) is 27.4 Å². The first-order valence-electron chi connectivity index (χ1n) is 14.1. The third-order valence-corrected chi connectivity index (χ3v) is 9.52. The molecule has 3 heterocycles. The number of thioether (sulfide) groups is 1. The Morgan fingerprint density at radius 3 is 2.40 bits per heavy atom. The Kier molecular flexibility index (Phi) is 7.49. The zero-order chi connectivity index (χ0) is 29.7. The number of carbonyl (C=O) groups excluding carboxylic acids is 1. The lowest BCUT2D eigenvalue weighted by molar-refractivity contribution is 0.102. The number of halogens is 1. The molecular formula is C32H32ClN5O3S. The number of ketones is 1. The molecule has 1 saturated carbocycles. The second-order valence-corrected chi connectivity index (χ2v) is 12.3. The molecule has 216 valence electrons. The second-order valence-electron chi connectivity index (χ2n) is 10.9. The lowest BCUT2D eigenvalue weighted by Gasteiger charge is -2.18. The summed E-state index contributed by atoms with van der Waals surface area (Å²) < 4.78 is 7.13. The van der Waals surface area contributed by atoms with E-state index in [-0.39, 0.29) is 28.7 Å². The number of para-hydroxylation sites is 1. The summed E-state index contributed by atoms with van der Waals surface area (Å²) in [5.41, 5.74) is 4.42. The van der Waals surface area contributed by atoms with Crippen molar-refractivity contribution in [2.45, 2.75) is 57.7 Å². The lowest BCUT2D eigenvalue weighted by atomic mass is 10.2. The molecule has 2 aromatic carbocycles. The first-order valence-corrected chi connectivity index (χ1v) is 15.4. The molecule has 0 N–H and O–H groups in total. The van der Waals surface area contributed by atoms with Crippen molar-refractivity contribution in [3.05, 3.63) is 103 Å². The summed E-state index contributed by atoms with van der Waals surface area (Å²) in [6.07, 6.45) is 3.96. The Balaban J connectivity index is 1.35. The third-order valence-electron chi connectivity index (χ3n) is 8.33. The Bertz CT molecular complexity index is 1960. The molecule has 0 aliphatic heterocycles. The van der Waals surface area contributed by atoms with Crippen molar-refractivity contribution in [3.8, 4) is 11.4 Å². The van der Waals surface area contributed by atoms with Gasteiger partial charge in [-0.25, -0.2) is 9.67 Å². The van der Waals surface area contributed by atoms with E-state index in [2.05, 4.69) is 0 Å². The molecule has 0 atom stereocenters. The number of aryl methyl sites for hydroxylation is 1. The predicted octanol–water partition coefficient (Wildman–Crippen LogP) is 6.35. The molecule has 0 radical (unpaired) electrons. The third kappa shape index (κ3) is 4.74. The van der Waals surface area contributed by atoms with Gasteiger partial charge in [-0.15, -0.1) is 0 Å². The normalized spacial score (nSPS) is 13.8. The minimum Gasteiger partial charge on any atom is -0.311 e. The van der Waals surface area contributed by atoms with Crippen LogP contribution in [0.25, 0.3) is 22.3 Å². The van der Waals surface area contributed by atoms with E-state index in [9.17, 15) is 14.4 Å². The molecule has 0 spiro atoms. The molecule has 1 aliphatic carbocycles. The number of aromatic nitrogens is 5. The number of fused-ring (bicyclic) bond motifs is 1. The minimum absolute atomic E-state index is 0.0700. The van der Waals surface area contributed by atoms with Crippen LogP contribution in [0.5, 0.6) is 0 Å². The van der Waals surface area contributed by atoms with Gasteiger partial charge in [-0.1, -0.05) is 54.4 Å². The molecule has 1 aliphatic rings. The average Bonchev–Trinajstić information content (AvgIpc) is 3.65. The van der Waals surface area contributed by atoms with E-state index in [1.165, 1.54) is 11.8 Å². The molecule has 6 rings (SSSR count). The fourth-order valence-electron chi connectivity index (χ4n) is 6.15. The average molecular weight is 602 g/mol. The summed E-state index contributed by atoms with van der Waals surface area (Å²) in [6, 6.07) is 16.5. The monoisotopic (exact) mass is 601 g/mol. The van der Waals surface area contributed by atoms with Crippen molar-refractivity contribution in [1.29, 1.82) is 0 Å². The van der Waals surface area contributed by atoms with Crippen LogP contribution in [0.4, 0.5) is 0 Å². The van der Waals surface area contributed by atoms with Crippen molar-refractivity contribution >= 4 is 40.0 Å². The zero-order valence-corrected chi connectivity index (χ0v) is 25.6. The summed E-state index contributed by atoms with van der Waals surface area (Å²) in [4.78, 5) is 45.8. The maximum Gasteiger partial charge on any atom is 0.295 e. The molecular weight excluding hydrogens is 570 g/mol. The lowest BCUT2D eigenvalue weighted by Crippen LogP contribution is -2.26. The molecule has 0 saturated heterocycles. The van der Waals surface area contributed by atoms with E-state index in [1.807, 2.05) is 73.5 Å². The highest BCUT2D eigenvalue weighted by Gasteiger charge is 2.26. The molecule has 0 amide bonds. The van der Waals surface area contributed by atoms with Gasteiger partial charge in [0.05, 0.1) is 28.0 Å². The van der Waals surface area contributed by atoms with Crippen LogP contribution < -0.4 is 11.1 Å². The van der Waals surface area contributed by atoms with Crippen molar-refractivity contribution in [2.75, 3.05) is 5.75 Å². The first-order chi connectivity index (χ1) is 20.2. The van der Waals surface area contributed by atoms with Gasteiger partial charge in [0.15, 0.2) is 10.9 Å². The summed E-state index contributed by atoms with van der Waals surface area (Å²) in [5.74, 6) is 0.0205. The number of hydrogen-bond donors (Lipinski definition) is 0. The van der Waals surface area contributed by atoms with Crippen molar-refractivity contribution in [1.82, 2.24) is 23.5 Å². The number of nitrogens with zero attached hydrogens (tertiary/aromatic N) is 5. The van der Waals surface area contributed by atoms with E-state index < -0.39 is 0 Å². The van der Waals surface area contributed by atoms with Gasteiger partial charge in [0, 0.05) is 35.1 Å². The van der Waals surface area contributed by atoms with Crippen molar-refractivity contribution in [3.63, 3.8) is 0 Å². The van der Waals surface area contributed by atoms with E-state index in [0.717, 1.165) is 42.8 Å². The van der Waals surface area contributed by atoms with E-state index in [4.69, 9.17) is 16.6 Å². The standard InChI is InChI=1S/C32H32ClN5O3S/c1-19-16-26(20(2)36(19)29-21(3)35(4)38(31(29)41)24-12-6-5-7-13-24)28(39)18-42-32-34-27-17-22(33)14-15-25(27)30(40)37(32)23-10-8-9-11-23/h5-7,12-17,23H,8-11,18H2,1-4H3. The fraction of sp³-hybridized carbons (Fsp3) is 0.312. The molecule has 0 bridgehead atoms. The number of hydrogen-bond acceptors (Lipinski definition) is 5. The number of rotatable bonds is 7. The quantitative estimate of drug-likeness (QED) is 0.123. The van der Waals surface area contributed by atoms with Crippen LogP contribution in [0.3, 0.4) is 0 Å². The maximum absolute atomic E-state index is 13.7. The molecule has 3 aromatic heterocycles. The SMILES string of the molecule is Cc1cc(C(=O)CSc2nc3cc(Cl)ccc3c(=O)n2C2CCCC2)c(C)n1-c1c(C)n(C)n(-c2ccccc2)c1=O. The van der Waals surface area contributed by atoms with Crippen LogP contribution in [0, 0.1) is 20.8 Å². The van der Waals surface area contributed by atoms with Gasteiger partial charge in [-0.05, 0) is 70.0 Å². The number of Topliss-reactive ketones (excluding diaryl/α,β-unsaturated/α-hetero) is 1. The Morgan fingerprint density at radius 1 is 0.976 bits per heavy atom. The predicted molar refractivity (Wildman–Crippen MR) is 168 cm³/mol. The maximum atomic E-state index is 13.7. The fourth-order valence-corrected chi connectivity index (χ4v) is 7.26. The van der Waals surface area contributed by atoms with Gasteiger partial charge in [0.2, 0.25) is 0 Å². The van der Waals surface area contributed by atoms with Crippen LogP contribution >= 0.6 is 23.4 Å². The summed E-state index contributed by atoms with van der Waals surface area (Å²) >= 11 is 7.50. The van der Waals surface area contributed by atoms with E-state index >= 15 is 0 Å². The summed E-state index contributed by atoms with van der Waals surface area (Å²) in [7, 11) is 1.86. The minimum atomic E-state index is -0.157. The van der Waals surface area contributed by atoms with Gasteiger partial charge in [0.1, 0.15) is 5.69 Å². The Morgan fingerprint density at radius 2 is 1.69 bits per heavy atom. The topological polar surface area (TPSA) is 83.8 Å². The zero-order valence-electron chi connectivity index (χ0n) is 24.1. The summed E-state index contributed by atoms with van der Waals surface area (Å²) in [6.45, 7) is 5.68. The van der Waals surface area contributed by atoms with Gasteiger partial charge < -0.3 is 4.57 Å². The first kappa shape index (κ1) is 28.3. The largest absolute Gasteiger partial charge is 0.311 e. The van der Waals surface area contributed by atoms with E-state index in [0.29, 0.717) is 38.0 Å². The number of benzene rings is 2. The van der Waals surface area contributed by atoms with Gasteiger partial charge in [0.25, 0.3) is 11.1 Å². The molecule has 1 fully saturated rings. The molecule has 10 heteroatoms. The van der Waals surface area contributed by atoms with Crippen molar-refractivity contribution in [2.24, 2.45) is 7.05 Å². The van der Waals surface area contributed by atoms with Gasteiger partial charge in [-0.3, -0.25) is 23.6 Å². The van der Waals surface area contributed by atoms with Crippen LogP contribution in [-0.4, -0.2) is 35.0 Å². The van der Waals surface area contributed by atoms with Crippen LogP contribution in [0.2, 0.25) is 5.02 Å².